The standard InChI is InChI=1S/C27H44N4O5/c1-9-18(5)31(23(24(33)29-17(3)4)20-13-11-19(10-2)12-14-20)25(34)21(15-16-22(28)32)30-26(35)36-27(6,7)8/h11-14,17-18,21,23H,9-10,15-16H2,1-8H3,(H2,28,32)(H,29,33)(H,30,35). The van der Waals surface area contributed by atoms with Gasteiger partial charge in [-0.2, -0.15) is 0 Å². The first-order valence-corrected chi connectivity index (χ1v) is 12.7. The highest BCUT2D eigenvalue weighted by Crippen LogP contribution is 2.27. The minimum absolute atomic E-state index is 0.0202. The molecular formula is C27H44N4O5. The highest BCUT2D eigenvalue weighted by molar-refractivity contribution is 5.92. The number of alkyl carbamates (subject to hydrolysis) is 1. The Morgan fingerprint density at radius 3 is 2.03 bits per heavy atom. The summed E-state index contributed by atoms with van der Waals surface area (Å²) in [4.78, 5) is 53.1. The fourth-order valence-corrected chi connectivity index (χ4v) is 3.71. The Morgan fingerprint density at radius 1 is 1.00 bits per heavy atom. The van der Waals surface area contributed by atoms with Crippen LogP contribution in [0.4, 0.5) is 4.79 Å². The van der Waals surface area contributed by atoms with Crippen LogP contribution < -0.4 is 16.4 Å². The second kappa shape index (κ2) is 13.8. The molecule has 1 aromatic carbocycles. The van der Waals surface area contributed by atoms with E-state index in [1.54, 1.807) is 20.8 Å². The van der Waals surface area contributed by atoms with E-state index >= 15 is 0 Å². The Kier molecular flexibility index (Phi) is 11.9. The molecule has 4 amide bonds. The van der Waals surface area contributed by atoms with Crippen LogP contribution in [0.15, 0.2) is 24.3 Å². The molecule has 9 heteroatoms. The number of hydrogen-bond acceptors (Lipinski definition) is 5. The Morgan fingerprint density at radius 2 is 1.58 bits per heavy atom. The molecule has 0 aliphatic carbocycles. The van der Waals surface area contributed by atoms with Gasteiger partial charge in [-0.3, -0.25) is 14.4 Å². The minimum Gasteiger partial charge on any atom is -0.444 e. The Bertz CT molecular complexity index is 892. The van der Waals surface area contributed by atoms with E-state index in [2.05, 4.69) is 10.6 Å². The SMILES string of the molecule is CCc1ccc(C(C(=O)NC(C)C)N(C(=O)C(CCC(N)=O)NC(=O)OC(C)(C)C)C(C)CC)cc1. The van der Waals surface area contributed by atoms with Crippen molar-refractivity contribution in [3.63, 3.8) is 0 Å². The lowest BCUT2D eigenvalue weighted by atomic mass is 9.97. The molecule has 0 fully saturated rings. The van der Waals surface area contributed by atoms with Gasteiger partial charge in [-0.05, 0) is 71.9 Å². The van der Waals surface area contributed by atoms with Crippen molar-refractivity contribution in [1.29, 1.82) is 0 Å². The monoisotopic (exact) mass is 504 g/mol. The maximum Gasteiger partial charge on any atom is 0.408 e. The summed E-state index contributed by atoms with van der Waals surface area (Å²) >= 11 is 0. The predicted octanol–water partition coefficient (Wildman–Crippen LogP) is 3.60. The molecule has 36 heavy (non-hydrogen) atoms. The van der Waals surface area contributed by atoms with E-state index in [4.69, 9.17) is 10.5 Å². The number of hydrogen-bond donors (Lipinski definition) is 3. The largest absolute Gasteiger partial charge is 0.444 e. The molecule has 0 bridgehead atoms. The van der Waals surface area contributed by atoms with Gasteiger partial charge >= 0.3 is 6.09 Å². The van der Waals surface area contributed by atoms with Gasteiger partial charge in [-0.25, -0.2) is 4.79 Å². The zero-order chi connectivity index (χ0) is 27.6. The van der Waals surface area contributed by atoms with E-state index in [1.807, 2.05) is 58.9 Å². The van der Waals surface area contributed by atoms with Crippen LogP contribution in [0.3, 0.4) is 0 Å². The van der Waals surface area contributed by atoms with Gasteiger partial charge in [0.15, 0.2) is 0 Å². The van der Waals surface area contributed by atoms with Crippen molar-refractivity contribution in [2.75, 3.05) is 0 Å². The molecule has 0 aliphatic rings. The number of ether oxygens (including phenoxy) is 1. The summed E-state index contributed by atoms with van der Waals surface area (Å²) < 4.78 is 5.35. The molecule has 0 radical (unpaired) electrons. The zero-order valence-corrected chi connectivity index (χ0v) is 23.0. The minimum atomic E-state index is -1.11. The van der Waals surface area contributed by atoms with Crippen molar-refractivity contribution in [3.8, 4) is 0 Å². The quantitative estimate of drug-likeness (QED) is 0.400. The average Bonchev–Trinajstić information content (AvgIpc) is 2.77. The number of benzene rings is 1. The van der Waals surface area contributed by atoms with Crippen molar-refractivity contribution in [2.24, 2.45) is 5.73 Å². The molecule has 0 aliphatic heterocycles. The van der Waals surface area contributed by atoms with E-state index in [0.29, 0.717) is 12.0 Å². The molecule has 3 unspecified atom stereocenters. The summed E-state index contributed by atoms with van der Waals surface area (Å²) in [6.45, 7) is 14.7. The van der Waals surface area contributed by atoms with Gasteiger partial charge in [0.2, 0.25) is 17.7 Å². The van der Waals surface area contributed by atoms with Gasteiger partial charge < -0.3 is 26.0 Å². The molecule has 4 N–H and O–H groups in total. The molecule has 9 nitrogen and oxygen atoms in total. The van der Waals surface area contributed by atoms with Crippen molar-refractivity contribution in [1.82, 2.24) is 15.5 Å². The van der Waals surface area contributed by atoms with Gasteiger partial charge in [-0.1, -0.05) is 38.1 Å². The molecule has 0 spiro atoms. The van der Waals surface area contributed by atoms with Crippen molar-refractivity contribution in [2.45, 2.75) is 111 Å². The molecule has 0 heterocycles. The molecule has 202 valence electrons. The number of carbonyl (C=O) groups excluding carboxylic acids is 4. The first-order chi connectivity index (χ1) is 16.7. The average molecular weight is 505 g/mol. The molecule has 0 saturated carbocycles. The fraction of sp³-hybridized carbons (Fsp3) is 0.630. The molecule has 0 saturated heterocycles. The van der Waals surface area contributed by atoms with Crippen LogP contribution in [0.25, 0.3) is 0 Å². The Balaban J connectivity index is 3.53. The normalized spacial score (nSPS) is 13.9. The third-order valence-electron chi connectivity index (χ3n) is 5.65. The summed E-state index contributed by atoms with van der Waals surface area (Å²) in [7, 11) is 0. The lowest BCUT2D eigenvalue weighted by Crippen LogP contribution is -2.56. The summed E-state index contributed by atoms with van der Waals surface area (Å²) in [5, 5.41) is 5.53. The van der Waals surface area contributed by atoms with Crippen molar-refractivity contribution in [3.05, 3.63) is 35.4 Å². The second-order valence-electron chi connectivity index (χ2n) is 10.4. The van der Waals surface area contributed by atoms with Crippen LogP contribution in [0, 0.1) is 0 Å². The molecule has 3 atom stereocenters. The molecule has 0 aromatic heterocycles. The van der Waals surface area contributed by atoms with Crippen LogP contribution in [-0.4, -0.2) is 52.4 Å². The molecule has 1 rings (SSSR count). The van der Waals surface area contributed by atoms with E-state index < -0.39 is 35.6 Å². The van der Waals surface area contributed by atoms with Crippen molar-refractivity contribution < 1.29 is 23.9 Å². The van der Waals surface area contributed by atoms with Gasteiger partial charge in [0, 0.05) is 18.5 Å². The fourth-order valence-electron chi connectivity index (χ4n) is 3.71. The number of aryl methyl sites for hydroxylation is 1. The first-order valence-electron chi connectivity index (χ1n) is 12.7. The number of nitrogens with two attached hydrogens (primary N) is 1. The number of carbonyl (C=O) groups is 4. The Labute approximate surface area is 215 Å². The molecular weight excluding hydrogens is 460 g/mol. The van der Waals surface area contributed by atoms with Crippen LogP contribution in [0.5, 0.6) is 0 Å². The lowest BCUT2D eigenvalue weighted by molar-refractivity contribution is -0.145. The smallest absolute Gasteiger partial charge is 0.408 e. The summed E-state index contributed by atoms with van der Waals surface area (Å²) in [6.07, 6.45) is 0.484. The first kappa shape index (κ1) is 30.9. The topological polar surface area (TPSA) is 131 Å². The van der Waals surface area contributed by atoms with Crippen LogP contribution >= 0.6 is 0 Å². The number of amides is 4. The number of rotatable bonds is 12. The third-order valence-corrected chi connectivity index (χ3v) is 5.65. The van der Waals surface area contributed by atoms with Gasteiger partial charge in [-0.15, -0.1) is 0 Å². The molecule has 1 aromatic rings. The summed E-state index contributed by atoms with van der Waals surface area (Å²) in [5.41, 5.74) is 6.33. The van der Waals surface area contributed by atoms with Gasteiger partial charge in [0.05, 0.1) is 0 Å². The highest BCUT2D eigenvalue weighted by atomic mass is 16.6. The van der Waals surface area contributed by atoms with E-state index in [-0.39, 0.29) is 30.8 Å². The Hall–Kier alpha value is -3.10. The predicted molar refractivity (Wildman–Crippen MR) is 140 cm³/mol. The van der Waals surface area contributed by atoms with Crippen LogP contribution in [0.2, 0.25) is 0 Å². The van der Waals surface area contributed by atoms with Crippen LogP contribution in [-0.2, 0) is 25.5 Å². The maximum absolute atomic E-state index is 14.0. The van der Waals surface area contributed by atoms with E-state index in [0.717, 1.165) is 12.0 Å². The van der Waals surface area contributed by atoms with E-state index in [1.165, 1.54) is 4.90 Å². The maximum atomic E-state index is 14.0. The van der Waals surface area contributed by atoms with Crippen molar-refractivity contribution >= 4 is 23.8 Å². The lowest BCUT2D eigenvalue weighted by Gasteiger charge is -2.38. The zero-order valence-electron chi connectivity index (χ0n) is 23.0. The second-order valence-corrected chi connectivity index (χ2v) is 10.4. The van der Waals surface area contributed by atoms with Gasteiger partial charge in [0.1, 0.15) is 17.7 Å². The summed E-state index contributed by atoms with van der Waals surface area (Å²) in [6, 6.07) is 5.05. The number of nitrogens with zero attached hydrogens (tertiary/aromatic N) is 1. The third kappa shape index (κ3) is 9.87. The number of nitrogens with one attached hydrogen (secondary N) is 2. The van der Waals surface area contributed by atoms with E-state index in [9.17, 15) is 19.2 Å². The van der Waals surface area contributed by atoms with Crippen LogP contribution in [0.1, 0.15) is 91.8 Å². The summed E-state index contributed by atoms with van der Waals surface area (Å²) in [5.74, 6) is -1.41. The number of primary amides is 1. The van der Waals surface area contributed by atoms with Gasteiger partial charge in [0.25, 0.3) is 0 Å². The highest BCUT2D eigenvalue weighted by Gasteiger charge is 2.38.